The van der Waals surface area contributed by atoms with Crippen molar-refractivity contribution in [3.63, 3.8) is 0 Å². The number of ether oxygens (including phenoxy) is 1. The molecular weight excluding hydrogens is 492 g/mol. The van der Waals surface area contributed by atoms with E-state index in [-0.39, 0.29) is 5.92 Å². The highest BCUT2D eigenvalue weighted by atomic mass is 16.5. The van der Waals surface area contributed by atoms with E-state index in [1.54, 1.807) is 7.11 Å². The van der Waals surface area contributed by atoms with E-state index < -0.39 is 0 Å². The third-order valence-corrected chi connectivity index (χ3v) is 8.04. The molecule has 8 aromatic rings. The molecule has 8 rings (SSSR count). The van der Waals surface area contributed by atoms with Crippen molar-refractivity contribution in [1.82, 2.24) is 19.9 Å². The SMILES string of the molecule is COc1ccc(-c2nc(C(c3c[nH]c4ccccc34)c3c[nH]c4ccccc34)cc3c2[nH]c2ccccc23)cc1. The standard InChI is InChI=1S/C35H26N4O/c1-40-22-16-14-21(15-17-22)34-35-26(23-8-4-7-13-31(23)38-35)18-32(39-34)33(27-19-36-29-11-5-2-9-24(27)29)28-20-37-30-12-6-3-10-25(28)30/h2-20,33,36-38H,1H3. The van der Waals surface area contributed by atoms with E-state index in [2.05, 4.69) is 118 Å². The Bertz CT molecular complexity index is 2090. The lowest BCUT2D eigenvalue weighted by molar-refractivity contribution is 0.415. The number of para-hydroxylation sites is 3. The maximum Gasteiger partial charge on any atom is 0.118 e. The van der Waals surface area contributed by atoms with Crippen LogP contribution in [-0.4, -0.2) is 27.0 Å². The summed E-state index contributed by atoms with van der Waals surface area (Å²) in [5.74, 6) is 0.727. The lowest BCUT2D eigenvalue weighted by Gasteiger charge is -2.18. The van der Waals surface area contributed by atoms with Crippen molar-refractivity contribution in [3.05, 3.63) is 132 Å². The van der Waals surface area contributed by atoms with E-state index >= 15 is 0 Å². The van der Waals surface area contributed by atoms with Gasteiger partial charge in [0, 0.05) is 56.1 Å². The molecule has 0 fully saturated rings. The maximum atomic E-state index is 5.45. The molecule has 4 heterocycles. The Balaban J connectivity index is 1.47. The molecule has 0 aliphatic carbocycles. The summed E-state index contributed by atoms with van der Waals surface area (Å²) in [6.07, 6.45) is 4.29. The molecule has 0 bridgehead atoms. The Morgan fingerprint density at radius 2 is 1.20 bits per heavy atom. The number of rotatable bonds is 5. The normalized spacial score (nSPS) is 11.8. The molecule has 40 heavy (non-hydrogen) atoms. The molecule has 0 aliphatic heterocycles. The van der Waals surface area contributed by atoms with E-state index in [4.69, 9.17) is 9.72 Å². The Morgan fingerprint density at radius 3 is 1.82 bits per heavy atom. The maximum absolute atomic E-state index is 5.45. The number of methoxy groups -OCH3 is 1. The second-order valence-corrected chi connectivity index (χ2v) is 10.2. The minimum absolute atomic E-state index is 0.0950. The third kappa shape index (κ3) is 3.45. The van der Waals surface area contributed by atoms with Crippen LogP contribution >= 0.6 is 0 Å². The van der Waals surface area contributed by atoms with Gasteiger partial charge in [-0.3, -0.25) is 0 Å². The second-order valence-electron chi connectivity index (χ2n) is 10.2. The van der Waals surface area contributed by atoms with Crippen LogP contribution in [0.2, 0.25) is 0 Å². The number of aromatic nitrogens is 4. The second kappa shape index (κ2) is 8.89. The quantitative estimate of drug-likeness (QED) is 0.214. The molecule has 192 valence electrons. The first-order valence-electron chi connectivity index (χ1n) is 13.5. The van der Waals surface area contributed by atoms with Crippen LogP contribution in [-0.2, 0) is 0 Å². The highest BCUT2D eigenvalue weighted by Crippen LogP contribution is 2.42. The molecule has 0 spiro atoms. The van der Waals surface area contributed by atoms with E-state index in [0.717, 1.165) is 50.2 Å². The van der Waals surface area contributed by atoms with Gasteiger partial charge in [-0.1, -0.05) is 54.6 Å². The van der Waals surface area contributed by atoms with Crippen molar-refractivity contribution in [3.8, 4) is 17.0 Å². The first-order chi connectivity index (χ1) is 19.8. The average molecular weight is 519 g/mol. The highest BCUT2D eigenvalue weighted by molar-refractivity contribution is 6.11. The van der Waals surface area contributed by atoms with Gasteiger partial charge < -0.3 is 19.7 Å². The van der Waals surface area contributed by atoms with Gasteiger partial charge in [-0.2, -0.15) is 0 Å². The predicted molar refractivity (Wildman–Crippen MR) is 163 cm³/mol. The largest absolute Gasteiger partial charge is 0.497 e. The summed E-state index contributed by atoms with van der Waals surface area (Å²) in [4.78, 5) is 16.1. The van der Waals surface area contributed by atoms with Gasteiger partial charge >= 0.3 is 0 Å². The molecule has 0 radical (unpaired) electrons. The number of fused-ring (bicyclic) bond motifs is 5. The van der Waals surface area contributed by atoms with Crippen molar-refractivity contribution < 1.29 is 4.74 Å². The van der Waals surface area contributed by atoms with Crippen molar-refractivity contribution in [2.75, 3.05) is 7.11 Å². The van der Waals surface area contributed by atoms with Crippen molar-refractivity contribution in [2.45, 2.75) is 5.92 Å². The first-order valence-corrected chi connectivity index (χ1v) is 13.5. The van der Waals surface area contributed by atoms with E-state index in [9.17, 15) is 0 Å². The zero-order chi connectivity index (χ0) is 26.6. The summed E-state index contributed by atoms with van der Waals surface area (Å²) in [7, 11) is 1.69. The number of nitrogens with zero attached hydrogens (tertiary/aromatic N) is 1. The van der Waals surface area contributed by atoms with Crippen LogP contribution in [0.25, 0.3) is 54.9 Å². The number of benzene rings is 4. The van der Waals surface area contributed by atoms with E-state index in [0.29, 0.717) is 0 Å². The van der Waals surface area contributed by atoms with Gasteiger partial charge in [0.25, 0.3) is 0 Å². The third-order valence-electron chi connectivity index (χ3n) is 8.04. The molecule has 5 heteroatoms. The number of hydrogen-bond donors (Lipinski definition) is 3. The van der Waals surface area contributed by atoms with Gasteiger partial charge in [0.15, 0.2) is 0 Å². The first kappa shape index (κ1) is 22.7. The Labute approximate surface area is 230 Å². The Kier molecular flexibility index (Phi) is 5.04. The van der Waals surface area contributed by atoms with Gasteiger partial charge in [0.2, 0.25) is 0 Å². The number of pyridine rings is 1. The van der Waals surface area contributed by atoms with Crippen LogP contribution in [0.5, 0.6) is 5.75 Å². The smallest absolute Gasteiger partial charge is 0.118 e. The molecule has 4 aromatic heterocycles. The summed E-state index contributed by atoms with van der Waals surface area (Å²) in [5, 5.41) is 4.75. The molecule has 0 amide bonds. The molecule has 0 aliphatic rings. The fraction of sp³-hybridized carbons (Fsp3) is 0.0571. The fourth-order valence-electron chi connectivity index (χ4n) is 6.12. The summed E-state index contributed by atoms with van der Waals surface area (Å²) in [5.41, 5.74) is 9.73. The van der Waals surface area contributed by atoms with Crippen molar-refractivity contribution in [1.29, 1.82) is 0 Å². The molecule has 5 nitrogen and oxygen atoms in total. The van der Waals surface area contributed by atoms with E-state index in [1.165, 1.54) is 27.3 Å². The van der Waals surface area contributed by atoms with Crippen LogP contribution in [0.4, 0.5) is 0 Å². The van der Waals surface area contributed by atoms with Crippen LogP contribution in [0, 0.1) is 0 Å². The summed E-state index contributed by atoms with van der Waals surface area (Å²) < 4.78 is 5.45. The minimum Gasteiger partial charge on any atom is -0.497 e. The summed E-state index contributed by atoms with van der Waals surface area (Å²) >= 11 is 0. The number of aromatic amines is 3. The van der Waals surface area contributed by atoms with Crippen LogP contribution in [0.3, 0.4) is 0 Å². The molecule has 0 unspecified atom stereocenters. The highest BCUT2D eigenvalue weighted by Gasteiger charge is 2.26. The Morgan fingerprint density at radius 1 is 0.625 bits per heavy atom. The molecule has 0 saturated carbocycles. The summed E-state index contributed by atoms with van der Waals surface area (Å²) in [6, 6.07) is 35.9. The minimum atomic E-state index is -0.0950. The zero-order valence-corrected chi connectivity index (χ0v) is 21.9. The fourth-order valence-corrected chi connectivity index (χ4v) is 6.12. The van der Waals surface area contributed by atoms with Crippen LogP contribution < -0.4 is 4.74 Å². The monoisotopic (exact) mass is 518 g/mol. The van der Waals surface area contributed by atoms with Crippen molar-refractivity contribution in [2.24, 2.45) is 0 Å². The van der Waals surface area contributed by atoms with Gasteiger partial charge in [-0.15, -0.1) is 0 Å². The van der Waals surface area contributed by atoms with Crippen molar-refractivity contribution >= 4 is 43.6 Å². The molecule has 4 aromatic carbocycles. The van der Waals surface area contributed by atoms with E-state index in [1.807, 2.05) is 12.1 Å². The molecule has 3 N–H and O–H groups in total. The van der Waals surface area contributed by atoms with Gasteiger partial charge in [0.05, 0.1) is 29.9 Å². The number of nitrogens with one attached hydrogen (secondary N) is 3. The van der Waals surface area contributed by atoms with Gasteiger partial charge in [-0.05, 0) is 59.7 Å². The summed E-state index contributed by atoms with van der Waals surface area (Å²) in [6.45, 7) is 0. The predicted octanol–water partition coefficient (Wildman–Crippen LogP) is 8.53. The number of hydrogen-bond acceptors (Lipinski definition) is 2. The van der Waals surface area contributed by atoms with Crippen LogP contribution in [0.15, 0.2) is 116 Å². The van der Waals surface area contributed by atoms with Gasteiger partial charge in [-0.25, -0.2) is 4.98 Å². The van der Waals surface area contributed by atoms with Gasteiger partial charge in [0.1, 0.15) is 5.75 Å². The Hall–Kier alpha value is -5.29. The zero-order valence-electron chi connectivity index (χ0n) is 21.9. The van der Waals surface area contributed by atoms with Crippen LogP contribution in [0.1, 0.15) is 22.7 Å². The average Bonchev–Trinajstić information content (AvgIpc) is 3.73. The molecular formula is C35H26N4O. The molecule has 0 atom stereocenters. The number of H-pyrrole nitrogens is 3. The lowest BCUT2D eigenvalue weighted by Crippen LogP contribution is -2.06. The topological polar surface area (TPSA) is 69.5 Å². The molecule has 0 saturated heterocycles. The lowest BCUT2D eigenvalue weighted by atomic mass is 9.86.